The van der Waals surface area contributed by atoms with Crippen LogP contribution >= 0.6 is 0 Å². The van der Waals surface area contributed by atoms with E-state index in [0.29, 0.717) is 11.7 Å². The normalized spacial score (nSPS) is 15.6. The second kappa shape index (κ2) is 6.48. The fourth-order valence-corrected chi connectivity index (χ4v) is 3.13. The van der Waals surface area contributed by atoms with Crippen molar-refractivity contribution in [1.82, 2.24) is 10.1 Å². The molecule has 1 aromatic heterocycles. The van der Waals surface area contributed by atoms with Gasteiger partial charge in [-0.25, -0.2) is 0 Å². The Balaban J connectivity index is 1.52. The SMILES string of the molecule is CC1CCN(c2ccc(-c3noc(-c4ccccc4)n3)cc2)CC1. The van der Waals surface area contributed by atoms with Gasteiger partial charge >= 0.3 is 0 Å². The molecule has 0 spiro atoms. The zero-order valence-corrected chi connectivity index (χ0v) is 13.9. The van der Waals surface area contributed by atoms with Crippen molar-refractivity contribution in [2.45, 2.75) is 19.8 Å². The standard InChI is InChI=1S/C20H21N3O/c1-15-11-13-23(14-12-15)18-9-7-16(8-10-18)19-21-20(24-22-19)17-5-3-2-4-6-17/h2-10,15H,11-14H2,1H3. The average Bonchev–Trinajstić information content (AvgIpc) is 3.13. The molecule has 1 aliphatic heterocycles. The minimum absolute atomic E-state index is 0.555. The van der Waals surface area contributed by atoms with Gasteiger partial charge < -0.3 is 9.42 Å². The van der Waals surface area contributed by atoms with E-state index in [4.69, 9.17) is 4.52 Å². The first-order chi connectivity index (χ1) is 11.8. The predicted octanol–water partition coefficient (Wildman–Crippen LogP) is 4.64. The quantitative estimate of drug-likeness (QED) is 0.705. The summed E-state index contributed by atoms with van der Waals surface area (Å²) in [6.07, 6.45) is 2.54. The van der Waals surface area contributed by atoms with Crippen molar-refractivity contribution >= 4 is 5.69 Å². The Kier molecular flexibility index (Phi) is 4.03. The summed E-state index contributed by atoms with van der Waals surface area (Å²) in [6, 6.07) is 18.3. The van der Waals surface area contributed by atoms with Crippen LogP contribution in [0.5, 0.6) is 0 Å². The third kappa shape index (κ3) is 3.04. The number of nitrogens with zero attached hydrogens (tertiary/aromatic N) is 3. The maximum Gasteiger partial charge on any atom is 0.258 e. The van der Waals surface area contributed by atoms with Crippen molar-refractivity contribution in [3.63, 3.8) is 0 Å². The first-order valence-electron chi connectivity index (χ1n) is 8.54. The van der Waals surface area contributed by atoms with Gasteiger partial charge in [0, 0.05) is 29.9 Å². The molecule has 0 saturated carbocycles. The molecule has 1 aliphatic rings. The molecular weight excluding hydrogens is 298 g/mol. The Hall–Kier alpha value is -2.62. The fourth-order valence-electron chi connectivity index (χ4n) is 3.13. The van der Waals surface area contributed by atoms with Gasteiger partial charge in [-0.3, -0.25) is 0 Å². The molecule has 0 aliphatic carbocycles. The highest BCUT2D eigenvalue weighted by Crippen LogP contribution is 2.26. The molecule has 4 rings (SSSR count). The van der Waals surface area contributed by atoms with Crippen molar-refractivity contribution in [3.8, 4) is 22.8 Å². The molecule has 4 nitrogen and oxygen atoms in total. The van der Waals surface area contributed by atoms with Crippen LogP contribution in [0.15, 0.2) is 59.1 Å². The van der Waals surface area contributed by atoms with E-state index < -0.39 is 0 Å². The molecule has 3 aromatic rings. The first-order valence-corrected chi connectivity index (χ1v) is 8.54. The zero-order valence-electron chi connectivity index (χ0n) is 13.9. The topological polar surface area (TPSA) is 42.2 Å². The Morgan fingerprint density at radius 2 is 1.62 bits per heavy atom. The summed E-state index contributed by atoms with van der Waals surface area (Å²) < 4.78 is 5.39. The second-order valence-electron chi connectivity index (χ2n) is 6.51. The summed E-state index contributed by atoms with van der Waals surface area (Å²) >= 11 is 0. The fraction of sp³-hybridized carbons (Fsp3) is 0.300. The van der Waals surface area contributed by atoms with Gasteiger partial charge in [0.15, 0.2) is 0 Å². The van der Waals surface area contributed by atoms with E-state index in [1.807, 2.05) is 30.3 Å². The highest BCUT2D eigenvalue weighted by molar-refractivity contribution is 5.62. The summed E-state index contributed by atoms with van der Waals surface area (Å²) in [5, 5.41) is 4.12. The second-order valence-corrected chi connectivity index (χ2v) is 6.51. The lowest BCUT2D eigenvalue weighted by atomic mass is 9.98. The van der Waals surface area contributed by atoms with Crippen molar-refractivity contribution in [3.05, 3.63) is 54.6 Å². The van der Waals surface area contributed by atoms with Crippen LogP contribution in [0.4, 0.5) is 5.69 Å². The highest BCUT2D eigenvalue weighted by atomic mass is 16.5. The molecule has 0 radical (unpaired) electrons. The largest absolute Gasteiger partial charge is 0.372 e. The van der Waals surface area contributed by atoms with Gasteiger partial charge in [0.25, 0.3) is 5.89 Å². The van der Waals surface area contributed by atoms with E-state index in [2.05, 4.69) is 46.2 Å². The number of aromatic nitrogens is 2. The van der Waals surface area contributed by atoms with Crippen LogP contribution in [0.1, 0.15) is 19.8 Å². The van der Waals surface area contributed by atoms with Crippen molar-refractivity contribution in [2.24, 2.45) is 5.92 Å². The lowest BCUT2D eigenvalue weighted by molar-refractivity contribution is 0.432. The lowest BCUT2D eigenvalue weighted by Crippen LogP contribution is -2.32. The minimum Gasteiger partial charge on any atom is -0.372 e. The van der Waals surface area contributed by atoms with E-state index in [9.17, 15) is 0 Å². The van der Waals surface area contributed by atoms with E-state index >= 15 is 0 Å². The van der Waals surface area contributed by atoms with Gasteiger partial charge in [0.1, 0.15) is 0 Å². The van der Waals surface area contributed by atoms with Gasteiger partial charge in [-0.05, 0) is 55.2 Å². The minimum atomic E-state index is 0.555. The van der Waals surface area contributed by atoms with Gasteiger partial charge in [-0.15, -0.1) is 0 Å². The Morgan fingerprint density at radius 1 is 0.917 bits per heavy atom. The van der Waals surface area contributed by atoms with Crippen LogP contribution in [0.25, 0.3) is 22.8 Å². The molecule has 2 heterocycles. The van der Waals surface area contributed by atoms with Crippen molar-refractivity contribution < 1.29 is 4.52 Å². The van der Waals surface area contributed by atoms with E-state index in [-0.39, 0.29) is 0 Å². The van der Waals surface area contributed by atoms with E-state index in [1.54, 1.807) is 0 Å². The van der Waals surface area contributed by atoms with Crippen LogP contribution in [0.2, 0.25) is 0 Å². The first kappa shape index (κ1) is 14.9. The molecule has 0 unspecified atom stereocenters. The summed E-state index contributed by atoms with van der Waals surface area (Å²) in [5.41, 5.74) is 3.20. The maximum atomic E-state index is 5.39. The average molecular weight is 319 g/mol. The van der Waals surface area contributed by atoms with Gasteiger partial charge in [-0.1, -0.05) is 30.3 Å². The number of piperidine rings is 1. The molecule has 122 valence electrons. The summed E-state index contributed by atoms with van der Waals surface area (Å²) in [6.45, 7) is 4.61. The molecule has 24 heavy (non-hydrogen) atoms. The zero-order chi connectivity index (χ0) is 16.4. The molecule has 4 heteroatoms. The van der Waals surface area contributed by atoms with Crippen LogP contribution in [-0.2, 0) is 0 Å². The molecule has 0 N–H and O–H groups in total. The Labute approximate surface area is 142 Å². The monoisotopic (exact) mass is 319 g/mol. The number of benzene rings is 2. The van der Waals surface area contributed by atoms with Gasteiger partial charge in [0.05, 0.1) is 0 Å². The number of anilines is 1. The molecule has 0 bridgehead atoms. The molecule has 2 aromatic carbocycles. The molecule has 1 fully saturated rings. The van der Waals surface area contributed by atoms with Crippen LogP contribution < -0.4 is 4.90 Å². The van der Waals surface area contributed by atoms with Crippen molar-refractivity contribution in [2.75, 3.05) is 18.0 Å². The highest BCUT2D eigenvalue weighted by Gasteiger charge is 2.16. The summed E-state index contributed by atoms with van der Waals surface area (Å²) in [4.78, 5) is 6.97. The van der Waals surface area contributed by atoms with E-state index in [1.165, 1.54) is 18.5 Å². The smallest absolute Gasteiger partial charge is 0.258 e. The Bertz CT molecular complexity index is 787. The third-order valence-corrected chi connectivity index (χ3v) is 4.72. The Morgan fingerprint density at radius 3 is 2.33 bits per heavy atom. The van der Waals surface area contributed by atoms with Crippen LogP contribution in [0, 0.1) is 5.92 Å². The summed E-state index contributed by atoms with van der Waals surface area (Å²) in [5.74, 6) is 2.03. The third-order valence-electron chi connectivity index (χ3n) is 4.72. The number of hydrogen-bond donors (Lipinski definition) is 0. The summed E-state index contributed by atoms with van der Waals surface area (Å²) in [7, 11) is 0. The van der Waals surface area contributed by atoms with Crippen LogP contribution in [-0.4, -0.2) is 23.2 Å². The number of rotatable bonds is 3. The maximum absolute atomic E-state index is 5.39. The molecule has 1 saturated heterocycles. The van der Waals surface area contributed by atoms with Gasteiger partial charge in [-0.2, -0.15) is 4.98 Å². The van der Waals surface area contributed by atoms with Gasteiger partial charge in [0.2, 0.25) is 5.82 Å². The lowest BCUT2D eigenvalue weighted by Gasteiger charge is -2.32. The number of hydrogen-bond acceptors (Lipinski definition) is 4. The molecular formula is C20H21N3O. The molecule has 0 amide bonds. The molecule has 0 atom stereocenters. The van der Waals surface area contributed by atoms with Crippen molar-refractivity contribution in [1.29, 1.82) is 0 Å². The predicted molar refractivity (Wildman–Crippen MR) is 95.8 cm³/mol. The van der Waals surface area contributed by atoms with E-state index in [0.717, 1.165) is 30.1 Å². The van der Waals surface area contributed by atoms with Crippen LogP contribution in [0.3, 0.4) is 0 Å².